The van der Waals surface area contributed by atoms with Crippen molar-refractivity contribution in [2.45, 2.75) is 13.0 Å². The molecule has 0 aliphatic carbocycles. The van der Waals surface area contributed by atoms with Crippen LogP contribution >= 0.6 is 11.3 Å². The molecule has 72 valence electrons. The summed E-state index contributed by atoms with van der Waals surface area (Å²) in [6.07, 6.45) is 5.19. The molecule has 0 spiro atoms. The molecule has 0 saturated heterocycles. The molecule has 0 aromatic carbocycles. The Kier molecular flexibility index (Phi) is 2.74. The van der Waals surface area contributed by atoms with Gasteiger partial charge in [-0.25, -0.2) is 4.98 Å². The number of carbonyl (C=O) groups is 1. The lowest BCUT2D eigenvalue weighted by Crippen LogP contribution is -1.93. The number of hydrogen-bond acceptors (Lipinski definition) is 3. The molecular formula is C10H10N2OS. The van der Waals surface area contributed by atoms with Gasteiger partial charge in [-0.3, -0.25) is 0 Å². The monoisotopic (exact) mass is 206 g/mol. The van der Waals surface area contributed by atoms with E-state index in [-0.39, 0.29) is 0 Å². The van der Waals surface area contributed by atoms with Crippen LogP contribution in [0.25, 0.3) is 10.6 Å². The number of rotatable bonds is 4. The molecule has 0 aliphatic heterocycles. The third kappa shape index (κ3) is 1.90. The molecule has 0 aliphatic rings. The Labute approximate surface area is 86.0 Å². The average Bonchev–Trinajstić information content (AvgIpc) is 2.85. The fourth-order valence-corrected chi connectivity index (χ4v) is 1.92. The quantitative estimate of drug-likeness (QED) is 0.719. The zero-order valence-corrected chi connectivity index (χ0v) is 8.41. The molecule has 2 rings (SSSR count). The molecule has 0 atom stereocenters. The summed E-state index contributed by atoms with van der Waals surface area (Å²) in [4.78, 5) is 15.6. The molecule has 0 bridgehead atoms. The van der Waals surface area contributed by atoms with Crippen molar-refractivity contribution in [3.8, 4) is 10.6 Å². The minimum Gasteiger partial charge on any atom is -0.336 e. The Hall–Kier alpha value is -1.42. The number of aryl methyl sites for hydroxylation is 1. The van der Waals surface area contributed by atoms with Crippen LogP contribution in [0.1, 0.15) is 6.42 Å². The number of hydrogen-bond donors (Lipinski definition) is 0. The lowest BCUT2D eigenvalue weighted by molar-refractivity contribution is -0.108. The first-order chi connectivity index (χ1) is 6.90. The third-order valence-corrected chi connectivity index (χ3v) is 2.80. The Bertz CT molecular complexity index is 405. The van der Waals surface area contributed by atoms with Crippen LogP contribution in [-0.2, 0) is 11.3 Å². The van der Waals surface area contributed by atoms with Crippen LogP contribution in [-0.4, -0.2) is 15.8 Å². The maximum absolute atomic E-state index is 10.2. The highest BCUT2D eigenvalue weighted by Crippen LogP contribution is 2.22. The summed E-state index contributed by atoms with van der Waals surface area (Å²) < 4.78 is 1.93. The van der Waals surface area contributed by atoms with E-state index in [0.717, 1.165) is 16.9 Å². The van der Waals surface area contributed by atoms with E-state index in [1.165, 1.54) is 0 Å². The maximum Gasteiger partial charge on any atom is 0.121 e. The number of aldehydes is 1. The zero-order chi connectivity index (χ0) is 9.80. The third-order valence-electron chi connectivity index (χ3n) is 1.91. The normalized spacial score (nSPS) is 10.3. The highest BCUT2D eigenvalue weighted by atomic mass is 32.1. The molecule has 0 amide bonds. The summed E-state index contributed by atoms with van der Waals surface area (Å²) in [5, 5.41) is 2.03. The van der Waals surface area contributed by atoms with E-state index in [0.29, 0.717) is 13.0 Å². The van der Waals surface area contributed by atoms with Crippen LogP contribution in [0.5, 0.6) is 0 Å². The molecule has 2 heterocycles. The zero-order valence-electron chi connectivity index (χ0n) is 7.59. The molecule has 2 aromatic rings. The summed E-state index contributed by atoms with van der Waals surface area (Å²) in [6.45, 7) is 0.710. The van der Waals surface area contributed by atoms with Crippen LogP contribution in [0, 0.1) is 0 Å². The van der Waals surface area contributed by atoms with E-state index in [9.17, 15) is 4.79 Å². The van der Waals surface area contributed by atoms with Crippen molar-refractivity contribution in [3.05, 3.63) is 30.0 Å². The van der Waals surface area contributed by atoms with E-state index in [2.05, 4.69) is 4.98 Å². The van der Waals surface area contributed by atoms with Gasteiger partial charge >= 0.3 is 0 Å². The molecule has 4 heteroatoms. The Morgan fingerprint density at radius 1 is 1.57 bits per heavy atom. The lowest BCUT2D eigenvalue weighted by Gasteiger charge is -1.94. The molecule has 0 fully saturated rings. The molecule has 0 radical (unpaired) electrons. The van der Waals surface area contributed by atoms with Crippen molar-refractivity contribution < 1.29 is 4.79 Å². The Morgan fingerprint density at radius 2 is 2.50 bits per heavy atom. The summed E-state index contributed by atoms with van der Waals surface area (Å²) >= 11 is 1.67. The fourth-order valence-electron chi connectivity index (χ4n) is 1.24. The van der Waals surface area contributed by atoms with E-state index in [1.807, 2.05) is 28.3 Å². The van der Waals surface area contributed by atoms with Gasteiger partial charge in [-0.05, 0) is 11.4 Å². The van der Waals surface area contributed by atoms with Gasteiger partial charge in [0.1, 0.15) is 6.29 Å². The van der Waals surface area contributed by atoms with Gasteiger partial charge in [0.05, 0.1) is 16.9 Å². The first-order valence-electron chi connectivity index (χ1n) is 4.39. The van der Waals surface area contributed by atoms with Gasteiger partial charge in [0.2, 0.25) is 0 Å². The predicted octanol–water partition coefficient (Wildman–Crippen LogP) is 2.20. The van der Waals surface area contributed by atoms with Gasteiger partial charge < -0.3 is 9.36 Å². The van der Waals surface area contributed by atoms with Crippen LogP contribution in [0.15, 0.2) is 30.0 Å². The van der Waals surface area contributed by atoms with Gasteiger partial charge in [0.15, 0.2) is 0 Å². The van der Waals surface area contributed by atoms with E-state index in [4.69, 9.17) is 0 Å². The van der Waals surface area contributed by atoms with Crippen LogP contribution in [0.3, 0.4) is 0 Å². The van der Waals surface area contributed by atoms with Gasteiger partial charge in [-0.2, -0.15) is 0 Å². The van der Waals surface area contributed by atoms with Crippen molar-refractivity contribution in [1.29, 1.82) is 0 Å². The minimum atomic E-state index is 0.542. The van der Waals surface area contributed by atoms with Crippen molar-refractivity contribution >= 4 is 17.6 Å². The number of thiophene rings is 1. The molecular weight excluding hydrogens is 196 g/mol. The topological polar surface area (TPSA) is 34.9 Å². The van der Waals surface area contributed by atoms with Gasteiger partial charge in [-0.1, -0.05) is 6.07 Å². The Morgan fingerprint density at radius 3 is 3.21 bits per heavy atom. The summed E-state index contributed by atoms with van der Waals surface area (Å²) in [5.41, 5.74) is 0.978. The molecule has 0 saturated carbocycles. The van der Waals surface area contributed by atoms with Crippen LogP contribution in [0.4, 0.5) is 0 Å². The SMILES string of the molecule is O=CCCn1cnc(-c2cccs2)c1. The van der Waals surface area contributed by atoms with Crippen molar-refractivity contribution in [1.82, 2.24) is 9.55 Å². The average molecular weight is 206 g/mol. The summed E-state index contributed by atoms with van der Waals surface area (Å²) in [6, 6.07) is 4.04. The number of nitrogens with zero attached hydrogens (tertiary/aromatic N) is 2. The number of aromatic nitrogens is 2. The highest BCUT2D eigenvalue weighted by molar-refractivity contribution is 7.13. The van der Waals surface area contributed by atoms with Gasteiger partial charge in [0.25, 0.3) is 0 Å². The van der Waals surface area contributed by atoms with Crippen molar-refractivity contribution in [2.75, 3.05) is 0 Å². The van der Waals surface area contributed by atoms with Crippen LogP contribution < -0.4 is 0 Å². The summed E-state index contributed by atoms with van der Waals surface area (Å²) in [5.74, 6) is 0. The molecule has 14 heavy (non-hydrogen) atoms. The molecule has 0 unspecified atom stereocenters. The van der Waals surface area contributed by atoms with Crippen molar-refractivity contribution in [2.24, 2.45) is 0 Å². The standard InChI is InChI=1S/C10H10N2OS/c13-5-2-4-12-7-9(11-8-12)10-3-1-6-14-10/h1,3,5-8H,2,4H2. The second-order valence-electron chi connectivity index (χ2n) is 2.93. The maximum atomic E-state index is 10.2. The van der Waals surface area contributed by atoms with Crippen molar-refractivity contribution in [3.63, 3.8) is 0 Å². The van der Waals surface area contributed by atoms with E-state index < -0.39 is 0 Å². The number of imidazole rings is 1. The number of carbonyl (C=O) groups excluding carboxylic acids is 1. The molecule has 3 nitrogen and oxygen atoms in total. The molecule has 0 N–H and O–H groups in total. The largest absolute Gasteiger partial charge is 0.336 e. The van der Waals surface area contributed by atoms with E-state index >= 15 is 0 Å². The Balaban J connectivity index is 2.14. The van der Waals surface area contributed by atoms with Crippen LogP contribution in [0.2, 0.25) is 0 Å². The smallest absolute Gasteiger partial charge is 0.121 e. The first-order valence-corrected chi connectivity index (χ1v) is 5.27. The second-order valence-corrected chi connectivity index (χ2v) is 3.88. The predicted molar refractivity (Wildman–Crippen MR) is 56.2 cm³/mol. The highest BCUT2D eigenvalue weighted by Gasteiger charge is 2.01. The lowest BCUT2D eigenvalue weighted by atomic mass is 10.4. The molecule has 2 aromatic heterocycles. The van der Waals surface area contributed by atoms with E-state index in [1.54, 1.807) is 17.7 Å². The fraction of sp³-hybridized carbons (Fsp3) is 0.200. The minimum absolute atomic E-state index is 0.542. The summed E-state index contributed by atoms with van der Waals surface area (Å²) in [7, 11) is 0. The van der Waals surface area contributed by atoms with Gasteiger partial charge in [0, 0.05) is 19.2 Å². The second kappa shape index (κ2) is 4.19. The van der Waals surface area contributed by atoms with Gasteiger partial charge in [-0.15, -0.1) is 11.3 Å². The first kappa shape index (κ1) is 9.15.